The summed E-state index contributed by atoms with van der Waals surface area (Å²) in [7, 11) is 0. The highest BCUT2D eigenvalue weighted by Crippen LogP contribution is 2.28. The fourth-order valence-electron chi connectivity index (χ4n) is 4.30. The molecule has 1 aliphatic carbocycles. The van der Waals surface area contributed by atoms with Crippen LogP contribution in [0.3, 0.4) is 0 Å². The molecule has 3 rings (SSSR count). The lowest BCUT2D eigenvalue weighted by atomic mass is 9.88. The molecule has 0 spiro atoms. The number of aryl methyl sites for hydroxylation is 1. The minimum absolute atomic E-state index is 0.105. The van der Waals surface area contributed by atoms with Crippen LogP contribution in [0.25, 0.3) is 0 Å². The van der Waals surface area contributed by atoms with Gasteiger partial charge in [0.25, 0.3) is 0 Å². The van der Waals surface area contributed by atoms with E-state index in [1.165, 1.54) is 6.42 Å². The molecule has 0 saturated heterocycles. The number of amides is 1. The number of nitrogens with one attached hydrogen (secondary N) is 1. The van der Waals surface area contributed by atoms with Gasteiger partial charge in [0.15, 0.2) is 0 Å². The average molecular weight is 397 g/mol. The van der Waals surface area contributed by atoms with Crippen LogP contribution in [0.15, 0.2) is 30.3 Å². The smallest absolute Gasteiger partial charge is 0.340 e. The van der Waals surface area contributed by atoms with Crippen molar-refractivity contribution in [2.75, 3.05) is 6.61 Å². The molecule has 5 heteroatoms. The van der Waals surface area contributed by atoms with Crippen LogP contribution in [-0.2, 0) is 22.6 Å². The highest BCUT2D eigenvalue weighted by atomic mass is 16.5. The molecule has 1 aliphatic rings. The summed E-state index contributed by atoms with van der Waals surface area (Å²) in [6, 6.07) is 10.1. The van der Waals surface area contributed by atoms with E-state index < -0.39 is 0 Å². The largest absolute Gasteiger partial charge is 0.462 e. The molecule has 5 nitrogen and oxygen atoms in total. The molecule has 1 aromatic carbocycles. The van der Waals surface area contributed by atoms with Crippen LogP contribution in [0, 0.1) is 19.8 Å². The topological polar surface area (TPSA) is 62.4 Å². The predicted octanol–water partition coefficient (Wildman–Crippen LogP) is 4.92. The van der Waals surface area contributed by atoms with Gasteiger partial charge in [-0.1, -0.05) is 49.6 Å². The van der Waals surface area contributed by atoms with Gasteiger partial charge in [0.2, 0.25) is 5.91 Å². The van der Waals surface area contributed by atoms with E-state index in [4.69, 9.17) is 4.74 Å². The van der Waals surface area contributed by atoms with Gasteiger partial charge in [-0.3, -0.25) is 4.79 Å². The van der Waals surface area contributed by atoms with Crippen molar-refractivity contribution in [2.24, 2.45) is 5.92 Å². The van der Waals surface area contributed by atoms with Crippen molar-refractivity contribution in [3.05, 3.63) is 58.4 Å². The average Bonchev–Trinajstić information content (AvgIpc) is 3.01. The molecule has 0 radical (unpaired) electrons. The van der Waals surface area contributed by atoms with Gasteiger partial charge in [-0.15, -0.1) is 0 Å². The number of nitrogens with zero attached hydrogens (tertiary/aromatic N) is 1. The van der Waals surface area contributed by atoms with E-state index in [1.807, 2.05) is 36.9 Å². The summed E-state index contributed by atoms with van der Waals surface area (Å²) in [6.07, 6.45) is 5.43. The molecule has 1 aromatic heterocycles. The number of hydrogen-bond donors (Lipinski definition) is 1. The molecule has 156 valence electrons. The summed E-state index contributed by atoms with van der Waals surface area (Å²) in [5.41, 5.74) is 4.27. The van der Waals surface area contributed by atoms with Crippen molar-refractivity contribution in [1.29, 1.82) is 0 Å². The van der Waals surface area contributed by atoms with E-state index >= 15 is 0 Å². The zero-order valence-electron chi connectivity index (χ0n) is 17.8. The summed E-state index contributed by atoms with van der Waals surface area (Å²) in [6.45, 7) is 7.00. The van der Waals surface area contributed by atoms with Crippen LogP contribution >= 0.6 is 0 Å². The molecule has 1 heterocycles. The van der Waals surface area contributed by atoms with Gasteiger partial charge in [0, 0.05) is 23.9 Å². The maximum atomic E-state index is 13.4. The van der Waals surface area contributed by atoms with Crippen LogP contribution in [0.1, 0.15) is 71.9 Å². The third-order valence-electron chi connectivity index (χ3n) is 5.85. The molecule has 0 unspecified atom stereocenters. The summed E-state index contributed by atoms with van der Waals surface area (Å²) in [5.74, 6) is 0.0180. The standard InChI is InChI=1S/C24H32N2O3/c1-4-29-24(28)22-17(2)21(25-18(22)3)16-26(15-19-11-7-5-8-12-19)23(27)20-13-9-6-10-14-20/h5,7-8,11-12,20,25H,4,6,9-10,13-16H2,1-3H3. The first-order chi connectivity index (χ1) is 14.0. The first-order valence-corrected chi connectivity index (χ1v) is 10.7. The van der Waals surface area contributed by atoms with Crippen molar-refractivity contribution in [3.63, 3.8) is 0 Å². The van der Waals surface area contributed by atoms with Gasteiger partial charge in [-0.2, -0.15) is 0 Å². The van der Waals surface area contributed by atoms with E-state index in [9.17, 15) is 9.59 Å². The van der Waals surface area contributed by atoms with Crippen molar-refractivity contribution >= 4 is 11.9 Å². The Morgan fingerprint density at radius 3 is 2.41 bits per heavy atom. The summed E-state index contributed by atoms with van der Waals surface area (Å²) < 4.78 is 5.21. The number of hydrogen-bond acceptors (Lipinski definition) is 3. The Morgan fingerprint density at radius 2 is 1.76 bits per heavy atom. The molecule has 1 N–H and O–H groups in total. The minimum Gasteiger partial charge on any atom is -0.462 e. The lowest BCUT2D eigenvalue weighted by Crippen LogP contribution is -2.36. The number of benzene rings is 1. The second-order valence-corrected chi connectivity index (χ2v) is 7.96. The van der Waals surface area contributed by atoms with Crippen molar-refractivity contribution < 1.29 is 14.3 Å². The predicted molar refractivity (Wildman–Crippen MR) is 113 cm³/mol. The van der Waals surface area contributed by atoms with Crippen LogP contribution in [0.4, 0.5) is 0 Å². The number of aromatic amines is 1. The lowest BCUT2D eigenvalue weighted by Gasteiger charge is -2.29. The summed E-state index contributed by atoms with van der Waals surface area (Å²) >= 11 is 0. The number of rotatable bonds is 7. The molecule has 29 heavy (non-hydrogen) atoms. The van der Waals surface area contributed by atoms with Gasteiger partial charge in [0.1, 0.15) is 0 Å². The van der Waals surface area contributed by atoms with Gasteiger partial charge in [0.05, 0.1) is 18.7 Å². The van der Waals surface area contributed by atoms with Crippen LogP contribution in [0.5, 0.6) is 0 Å². The van der Waals surface area contributed by atoms with Crippen molar-refractivity contribution in [1.82, 2.24) is 9.88 Å². The molecule has 0 atom stereocenters. The minimum atomic E-state index is -0.307. The number of esters is 1. The fourth-order valence-corrected chi connectivity index (χ4v) is 4.30. The Morgan fingerprint density at radius 1 is 1.07 bits per heavy atom. The van der Waals surface area contributed by atoms with E-state index in [0.717, 1.165) is 48.2 Å². The molecule has 1 fully saturated rings. The Bertz CT molecular complexity index is 835. The number of carbonyl (C=O) groups excluding carboxylic acids is 2. The number of ether oxygens (including phenoxy) is 1. The van der Waals surface area contributed by atoms with Crippen molar-refractivity contribution in [3.8, 4) is 0 Å². The lowest BCUT2D eigenvalue weighted by molar-refractivity contribution is -0.138. The van der Waals surface area contributed by atoms with Gasteiger partial charge >= 0.3 is 5.97 Å². The number of aromatic nitrogens is 1. The van der Waals surface area contributed by atoms with E-state index in [-0.39, 0.29) is 17.8 Å². The van der Waals surface area contributed by atoms with E-state index in [2.05, 4.69) is 17.1 Å². The number of H-pyrrole nitrogens is 1. The molecule has 1 saturated carbocycles. The third-order valence-corrected chi connectivity index (χ3v) is 5.85. The molecule has 0 bridgehead atoms. The van der Waals surface area contributed by atoms with Crippen LogP contribution in [0.2, 0.25) is 0 Å². The van der Waals surface area contributed by atoms with Gasteiger partial charge in [-0.25, -0.2) is 4.79 Å². The van der Waals surface area contributed by atoms with Crippen LogP contribution < -0.4 is 0 Å². The van der Waals surface area contributed by atoms with Crippen LogP contribution in [-0.4, -0.2) is 28.4 Å². The van der Waals surface area contributed by atoms with Crippen molar-refractivity contribution in [2.45, 2.75) is 66.0 Å². The van der Waals surface area contributed by atoms with Gasteiger partial charge in [-0.05, 0) is 44.7 Å². The van der Waals surface area contributed by atoms with E-state index in [1.54, 1.807) is 6.92 Å². The Hall–Kier alpha value is -2.56. The number of carbonyl (C=O) groups is 2. The second kappa shape index (κ2) is 9.77. The Balaban J connectivity index is 1.85. The fraction of sp³-hybridized carbons (Fsp3) is 0.500. The van der Waals surface area contributed by atoms with Gasteiger partial charge < -0.3 is 14.6 Å². The molecular formula is C24H32N2O3. The summed E-state index contributed by atoms with van der Waals surface area (Å²) in [5, 5.41) is 0. The molecule has 2 aromatic rings. The summed E-state index contributed by atoms with van der Waals surface area (Å²) in [4.78, 5) is 31.0. The SMILES string of the molecule is CCOC(=O)c1c(C)[nH]c(CN(Cc2ccccc2)C(=O)C2CCCCC2)c1C. The first-order valence-electron chi connectivity index (χ1n) is 10.7. The normalized spacial score (nSPS) is 14.6. The highest BCUT2D eigenvalue weighted by Gasteiger charge is 2.28. The second-order valence-electron chi connectivity index (χ2n) is 7.96. The Kier molecular flexibility index (Phi) is 7.13. The molecular weight excluding hydrogens is 364 g/mol. The maximum absolute atomic E-state index is 13.4. The first kappa shape index (κ1) is 21.2. The molecule has 1 amide bonds. The monoisotopic (exact) mass is 396 g/mol. The molecule has 0 aliphatic heterocycles. The zero-order chi connectivity index (χ0) is 20.8. The third kappa shape index (κ3) is 5.08. The van der Waals surface area contributed by atoms with E-state index in [0.29, 0.717) is 25.3 Å². The maximum Gasteiger partial charge on any atom is 0.340 e. The highest BCUT2D eigenvalue weighted by molar-refractivity contribution is 5.92. The Labute approximate surface area is 173 Å². The quantitative estimate of drug-likeness (QED) is 0.676. The zero-order valence-corrected chi connectivity index (χ0v) is 17.8.